The summed E-state index contributed by atoms with van der Waals surface area (Å²) >= 11 is 0. The molecule has 0 aliphatic carbocycles. The lowest BCUT2D eigenvalue weighted by atomic mass is 10.4. The van der Waals surface area contributed by atoms with Crippen molar-refractivity contribution in [3.05, 3.63) is 12.2 Å². The molecule has 0 radical (unpaired) electrons. The lowest BCUT2D eigenvalue weighted by Crippen LogP contribution is -2.35. The van der Waals surface area contributed by atoms with E-state index in [4.69, 9.17) is 10.2 Å². The Labute approximate surface area is 98.2 Å². The number of carbonyl (C=O) groups is 1. The summed E-state index contributed by atoms with van der Waals surface area (Å²) in [6, 6.07) is 0. The number of aliphatic hydroxyl groups excluding tert-OH is 1. The number of aliphatic carboxylic acids is 1. The highest BCUT2D eigenvalue weighted by Gasteiger charge is 2.03. The number of nitrogens with zero attached hydrogens (tertiary/aromatic N) is 1. The molecule has 0 aromatic heterocycles. The van der Waals surface area contributed by atoms with Crippen LogP contribution in [-0.4, -0.2) is 55.0 Å². The zero-order valence-electron chi connectivity index (χ0n) is 9.99. The van der Waals surface area contributed by atoms with Crippen molar-refractivity contribution in [3.63, 3.8) is 0 Å². The molecule has 0 aliphatic rings. The third-order valence-electron chi connectivity index (χ3n) is 1.35. The standard InChI is InChI=1S/C6H16NO.C4H6O2.ClH/c1-7(2,3)5-4-6-8;1-3(2)4(5)6;/h8H,4-6H2,1-3H3;1H2,2H3,(H,5,6);1H/q+1;;. The lowest BCUT2D eigenvalue weighted by Gasteiger charge is -2.22. The largest absolute Gasteiger partial charge is 0.478 e. The van der Waals surface area contributed by atoms with Crippen LogP contribution in [0.15, 0.2) is 12.2 Å². The molecule has 0 rings (SSSR count). The maximum atomic E-state index is 9.60. The fourth-order valence-corrected chi connectivity index (χ4v) is 0.545. The van der Waals surface area contributed by atoms with Crippen LogP contribution < -0.4 is 0 Å². The van der Waals surface area contributed by atoms with E-state index < -0.39 is 5.97 Å². The van der Waals surface area contributed by atoms with Crippen molar-refractivity contribution in [1.29, 1.82) is 0 Å². The molecular formula is C10H23ClNO3+. The van der Waals surface area contributed by atoms with Gasteiger partial charge in [-0.2, -0.15) is 0 Å². The summed E-state index contributed by atoms with van der Waals surface area (Å²) in [5, 5.41) is 16.3. The molecule has 2 N–H and O–H groups in total. The molecule has 92 valence electrons. The van der Waals surface area contributed by atoms with Crippen LogP contribution in [0.4, 0.5) is 0 Å². The van der Waals surface area contributed by atoms with Gasteiger partial charge in [0.05, 0.1) is 27.7 Å². The molecule has 0 heterocycles. The van der Waals surface area contributed by atoms with Crippen molar-refractivity contribution >= 4 is 18.4 Å². The molecular weight excluding hydrogens is 218 g/mol. The first-order valence-corrected chi connectivity index (χ1v) is 4.51. The van der Waals surface area contributed by atoms with E-state index in [2.05, 4.69) is 27.7 Å². The van der Waals surface area contributed by atoms with E-state index in [-0.39, 0.29) is 18.0 Å². The Hall–Kier alpha value is -0.580. The quantitative estimate of drug-likeness (QED) is 0.573. The molecule has 15 heavy (non-hydrogen) atoms. The van der Waals surface area contributed by atoms with E-state index in [1.54, 1.807) is 0 Å². The summed E-state index contributed by atoms with van der Waals surface area (Å²) in [5.41, 5.74) is 0.176. The second-order valence-electron chi connectivity index (χ2n) is 4.18. The summed E-state index contributed by atoms with van der Waals surface area (Å²) < 4.78 is 0.945. The van der Waals surface area contributed by atoms with Crippen molar-refractivity contribution in [1.82, 2.24) is 0 Å². The van der Waals surface area contributed by atoms with Gasteiger partial charge < -0.3 is 14.7 Å². The first-order valence-electron chi connectivity index (χ1n) is 4.51. The predicted molar refractivity (Wildman–Crippen MR) is 64.3 cm³/mol. The van der Waals surface area contributed by atoms with Gasteiger partial charge in [0.2, 0.25) is 0 Å². The van der Waals surface area contributed by atoms with Crippen molar-refractivity contribution in [3.8, 4) is 0 Å². The lowest BCUT2D eigenvalue weighted by molar-refractivity contribution is -0.870. The minimum atomic E-state index is -0.935. The van der Waals surface area contributed by atoms with Crippen molar-refractivity contribution in [2.45, 2.75) is 13.3 Å². The number of halogens is 1. The number of quaternary nitrogens is 1. The van der Waals surface area contributed by atoms with Gasteiger partial charge in [-0.3, -0.25) is 0 Å². The van der Waals surface area contributed by atoms with E-state index in [0.29, 0.717) is 6.61 Å². The number of carboxylic acids is 1. The number of aliphatic hydroxyl groups is 1. The summed E-state index contributed by atoms with van der Waals surface area (Å²) in [5.74, 6) is -0.935. The molecule has 0 amide bonds. The van der Waals surface area contributed by atoms with Gasteiger partial charge in [-0.15, -0.1) is 12.4 Å². The summed E-state index contributed by atoms with van der Waals surface area (Å²) in [6.45, 7) is 5.97. The fraction of sp³-hybridized carbons (Fsp3) is 0.700. The second kappa shape index (κ2) is 9.96. The molecule has 0 saturated carbocycles. The van der Waals surface area contributed by atoms with Gasteiger partial charge in [0, 0.05) is 18.6 Å². The molecule has 0 spiro atoms. The van der Waals surface area contributed by atoms with Crippen LogP contribution in [0.5, 0.6) is 0 Å². The van der Waals surface area contributed by atoms with Crippen LogP contribution >= 0.6 is 12.4 Å². The highest BCUT2D eigenvalue weighted by molar-refractivity contribution is 5.85. The number of rotatable bonds is 4. The molecule has 0 aromatic carbocycles. The maximum absolute atomic E-state index is 9.60. The molecule has 0 fully saturated rings. The van der Waals surface area contributed by atoms with Crippen LogP contribution in [0.1, 0.15) is 13.3 Å². The third kappa shape index (κ3) is 24.7. The predicted octanol–water partition coefficient (Wildman–Crippen LogP) is 1.14. The molecule has 4 nitrogen and oxygen atoms in total. The Morgan fingerprint density at radius 3 is 1.73 bits per heavy atom. The van der Waals surface area contributed by atoms with Crippen molar-refractivity contribution in [2.24, 2.45) is 0 Å². The Kier molecular flexibility index (Phi) is 13.2. The number of hydrogen-bond donors (Lipinski definition) is 2. The zero-order valence-corrected chi connectivity index (χ0v) is 10.8. The monoisotopic (exact) mass is 240 g/mol. The minimum Gasteiger partial charge on any atom is -0.478 e. The van der Waals surface area contributed by atoms with Gasteiger partial charge >= 0.3 is 5.97 Å². The first kappa shape index (κ1) is 19.9. The summed E-state index contributed by atoms with van der Waals surface area (Å²) in [6.07, 6.45) is 0.906. The Morgan fingerprint density at radius 2 is 1.67 bits per heavy atom. The van der Waals surface area contributed by atoms with Gasteiger partial charge in [-0.25, -0.2) is 4.79 Å². The Bertz CT molecular complexity index is 176. The Morgan fingerprint density at radius 1 is 1.33 bits per heavy atom. The van der Waals surface area contributed by atoms with Crippen LogP contribution in [0.25, 0.3) is 0 Å². The number of hydrogen-bond acceptors (Lipinski definition) is 2. The minimum absolute atomic E-state index is 0. The maximum Gasteiger partial charge on any atom is 0.330 e. The first-order chi connectivity index (χ1) is 6.20. The Balaban J connectivity index is -0.000000187. The smallest absolute Gasteiger partial charge is 0.330 e. The SMILES string of the molecule is C=C(C)C(=O)O.C[N+](C)(C)CCCO.Cl. The molecule has 0 unspecified atom stereocenters. The highest BCUT2D eigenvalue weighted by Crippen LogP contribution is 1.90. The molecule has 0 atom stereocenters. The normalized spacial score (nSPS) is 9.40. The zero-order chi connectivity index (χ0) is 11.8. The van der Waals surface area contributed by atoms with Crippen molar-refractivity contribution in [2.75, 3.05) is 34.3 Å². The highest BCUT2D eigenvalue weighted by atomic mass is 35.5. The van der Waals surface area contributed by atoms with Crippen LogP contribution in [0, 0.1) is 0 Å². The van der Waals surface area contributed by atoms with E-state index in [1.165, 1.54) is 6.92 Å². The van der Waals surface area contributed by atoms with Gasteiger partial charge in [0.25, 0.3) is 0 Å². The van der Waals surface area contributed by atoms with Crippen LogP contribution in [-0.2, 0) is 4.79 Å². The average molecular weight is 241 g/mol. The van der Waals surface area contributed by atoms with E-state index in [9.17, 15) is 4.79 Å². The summed E-state index contributed by atoms with van der Waals surface area (Å²) in [7, 11) is 6.36. The van der Waals surface area contributed by atoms with Crippen molar-refractivity contribution < 1.29 is 19.5 Å². The number of carboxylic acid groups (broad SMARTS) is 1. The summed E-state index contributed by atoms with van der Waals surface area (Å²) in [4.78, 5) is 9.60. The van der Waals surface area contributed by atoms with Crippen LogP contribution in [0.3, 0.4) is 0 Å². The van der Waals surface area contributed by atoms with E-state index >= 15 is 0 Å². The average Bonchev–Trinajstić information content (AvgIpc) is 2.00. The van der Waals surface area contributed by atoms with Crippen LogP contribution in [0.2, 0.25) is 0 Å². The molecule has 5 heteroatoms. The van der Waals surface area contributed by atoms with Gasteiger partial charge in [-0.1, -0.05) is 6.58 Å². The third-order valence-corrected chi connectivity index (χ3v) is 1.35. The van der Waals surface area contributed by atoms with Gasteiger partial charge in [0.1, 0.15) is 0 Å². The van der Waals surface area contributed by atoms with Gasteiger partial charge in [-0.05, 0) is 6.92 Å². The van der Waals surface area contributed by atoms with E-state index in [0.717, 1.165) is 17.4 Å². The van der Waals surface area contributed by atoms with E-state index in [1.807, 2.05) is 0 Å². The fourth-order valence-electron chi connectivity index (χ4n) is 0.545. The molecule has 0 bridgehead atoms. The topological polar surface area (TPSA) is 57.5 Å². The van der Waals surface area contributed by atoms with Gasteiger partial charge in [0.15, 0.2) is 0 Å². The molecule has 0 aliphatic heterocycles. The second-order valence-corrected chi connectivity index (χ2v) is 4.18. The molecule has 0 aromatic rings. The molecule has 0 saturated heterocycles.